The molecular formula is C32H20N3OPtS-3. The first-order valence-electron chi connectivity index (χ1n) is 12.0. The Balaban J connectivity index is 0.00000264. The van der Waals surface area contributed by atoms with Crippen LogP contribution < -0.4 is 14.5 Å². The van der Waals surface area contributed by atoms with E-state index in [0.717, 1.165) is 22.6 Å². The van der Waals surface area contributed by atoms with Gasteiger partial charge in [-0.15, -0.1) is 54.3 Å². The Morgan fingerprint density at radius 2 is 1.58 bits per heavy atom. The molecule has 0 fully saturated rings. The number of aromatic nitrogens is 1. The first-order chi connectivity index (χ1) is 18.3. The zero-order chi connectivity index (χ0) is 24.6. The topological polar surface area (TPSA) is 28.6 Å². The minimum Gasteiger partial charge on any atom is -0.500 e. The van der Waals surface area contributed by atoms with Gasteiger partial charge in [0.1, 0.15) is 0 Å². The molecule has 0 radical (unpaired) electrons. The number of para-hydroxylation sites is 1. The molecule has 0 saturated carbocycles. The fourth-order valence-corrected chi connectivity index (χ4v) is 5.71. The van der Waals surface area contributed by atoms with Crippen molar-refractivity contribution in [2.45, 2.75) is 0 Å². The summed E-state index contributed by atoms with van der Waals surface area (Å²) in [5, 5.41) is 2.48. The van der Waals surface area contributed by atoms with E-state index in [1.165, 1.54) is 20.2 Å². The quantitative estimate of drug-likeness (QED) is 0.170. The Bertz CT molecular complexity index is 1770. The number of benzene rings is 4. The molecule has 188 valence electrons. The van der Waals surface area contributed by atoms with Crippen molar-refractivity contribution in [2.24, 2.45) is 0 Å². The third-order valence-electron chi connectivity index (χ3n) is 6.25. The minimum absolute atomic E-state index is 0. The largest absolute Gasteiger partial charge is 0.500 e. The number of pyridine rings is 1. The standard InChI is InChI=1S/C32H20N3OS.Pt/c1-2-9-23(10-3-1)34-19-20-35(22-34)24-11-6-12-25(21-24)36-31-18-8-16-29(33-31)28-15-7-14-27-26-13-4-5-17-30(26)37-32(27)28;/h1-14,16-20,22H;/q-3;. The van der Waals surface area contributed by atoms with Crippen molar-refractivity contribution in [1.29, 1.82) is 0 Å². The molecule has 0 saturated heterocycles. The molecule has 0 atom stereocenters. The molecular weight excluding hydrogens is 670 g/mol. The molecule has 3 heterocycles. The van der Waals surface area contributed by atoms with E-state index in [4.69, 9.17) is 9.72 Å². The number of hydrogen-bond donors (Lipinski definition) is 0. The summed E-state index contributed by atoms with van der Waals surface area (Å²) in [5.74, 6) is 1.12. The normalized spacial score (nSPS) is 12.7. The summed E-state index contributed by atoms with van der Waals surface area (Å²) in [7, 11) is 0. The van der Waals surface area contributed by atoms with Crippen molar-refractivity contribution in [3.05, 3.63) is 134 Å². The SMILES string of the molecule is [Pt].[c-]1c(Oc2cccc(-c3[c-]ccc4c3sc3ccccc34)n2)cccc1N1C=CN(c2ccccc2)[CH-]1. The molecule has 1 aliphatic heterocycles. The summed E-state index contributed by atoms with van der Waals surface area (Å²) in [6.07, 6.45) is 4.02. The van der Waals surface area contributed by atoms with Gasteiger partial charge in [0.2, 0.25) is 5.88 Å². The molecule has 6 aromatic rings. The van der Waals surface area contributed by atoms with Gasteiger partial charge in [0.05, 0.1) is 0 Å². The predicted octanol–water partition coefficient (Wildman–Crippen LogP) is 8.42. The molecule has 4 nitrogen and oxygen atoms in total. The van der Waals surface area contributed by atoms with Crippen molar-refractivity contribution in [3.8, 4) is 22.9 Å². The van der Waals surface area contributed by atoms with Crippen LogP contribution in [-0.4, -0.2) is 4.98 Å². The first-order valence-corrected chi connectivity index (χ1v) is 12.8. The summed E-state index contributed by atoms with van der Waals surface area (Å²) < 4.78 is 8.61. The Morgan fingerprint density at radius 1 is 0.763 bits per heavy atom. The maximum Gasteiger partial charge on any atom is 0.207 e. The number of hydrogen-bond acceptors (Lipinski definition) is 5. The number of ether oxygens (including phenoxy) is 1. The molecule has 0 N–H and O–H groups in total. The van der Waals surface area contributed by atoms with Crippen LogP contribution in [0.5, 0.6) is 11.6 Å². The maximum absolute atomic E-state index is 6.17. The third-order valence-corrected chi connectivity index (χ3v) is 7.46. The second kappa shape index (κ2) is 10.4. The Labute approximate surface area is 239 Å². The van der Waals surface area contributed by atoms with Crippen LogP contribution >= 0.6 is 11.3 Å². The molecule has 0 aliphatic carbocycles. The summed E-state index contributed by atoms with van der Waals surface area (Å²) in [6.45, 7) is 2.02. The van der Waals surface area contributed by atoms with Crippen molar-refractivity contribution in [1.82, 2.24) is 4.98 Å². The first kappa shape index (κ1) is 24.4. The molecule has 38 heavy (non-hydrogen) atoms. The average molecular weight is 690 g/mol. The van der Waals surface area contributed by atoms with Crippen LogP contribution in [0, 0.1) is 18.8 Å². The van der Waals surface area contributed by atoms with Crippen LogP contribution in [0.4, 0.5) is 11.4 Å². The zero-order valence-corrected chi connectivity index (χ0v) is 23.1. The van der Waals surface area contributed by atoms with Gasteiger partial charge in [-0.05, 0) is 52.4 Å². The number of rotatable bonds is 5. The summed E-state index contributed by atoms with van der Waals surface area (Å²) in [5.41, 5.74) is 3.80. The fraction of sp³-hybridized carbons (Fsp3) is 0. The van der Waals surface area contributed by atoms with Gasteiger partial charge in [0.25, 0.3) is 0 Å². The van der Waals surface area contributed by atoms with E-state index in [1.54, 1.807) is 11.3 Å². The van der Waals surface area contributed by atoms with Gasteiger partial charge >= 0.3 is 0 Å². The molecule has 2 aromatic heterocycles. The molecule has 6 heteroatoms. The van der Waals surface area contributed by atoms with E-state index in [1.807, 2.05) is 84.6 Å². The van der Waals surface area contributed by atoms with Crippen LogP contribution in [-0.2, 0) is 21.1 Å². The van der Waals surface area contributed by atoms with Gasteiger partial charge in [0, 0.05) is 37.2 Å². The van der Waals surface area contributed by atoms with Crippen molar-refractivity contribution in [3.63, 3.8) is 0 Å². The smallest absolute Gasteiger partial charge is 0.207 e. The van der Waals surface area contributed by atoms with Crippen molar-refractivity contribution >= 4 is 42.9 Å². The van der Waals surface area contributed by atoms with Crippen LogP contribution in [0.1, 0.15) is 0 Å². The molecule has 0 unspecified atom stereocenters. The van der Waals surface area contributed by atoms with Gasteiger partial charge in [0.15, 0.2) is 0 Å². The van der Waals surface area contributed by atoms with Gasteiger partial charge < -0.3 is 14.5 Å². The zero-order valence-electron chi connectivity index (χ0n) is 20.0. The summed E-state index contributed by atoms with van der Waals surface area (Å²) >= 11 is 1.77. The maximum atomic E-state index is 6.17. The van der Waals surface area contributed by atoms with Gasteiger partial charge in [-0.25, -0.2) is 0 Å². The monoisotopic (exact) mass is 689 g/mol. The van der Waals surface area contributed by atoms with E-state index >= 15 is 0 Å². The van der Waals surface area contributed by atoms with E-state index in [-0.39, 0.29) is 21.1 Å². The van der Waals surface area contributed by atoms with Crippen LogP contribution in [0.2, 0.25) is 0 Å². The fourth-order valence-electron chi connectivity index (χ4n) is 4.50. The Hall–Kier alpha value is -3.92. The summed E-state index contributed by atoms with van der Waals surface area (Å²) in [4.78, 5) is 8.91. The van der Waals surface area contributed by atoms with E-state index in [9.17, 15) is 0 Å². The van der Waals surface area contributed by atoms with Crippen LogP contribution in [0.15, 0.2) is 116 Å². The predicted molar refractivity (Wildman–Crippen MR) is 152 cm³/mol. The molecule has 0 amide bonds. The summed E-state index contributed by atoms with van der Waals surface area (Å²) in [6, 6.07) is 41.3. The molecule has 1 aliphatic rings. The van der Waals surface area contributed by atoms with Crippen molar-refractivity contribution < 1.29 is 25.8 Å². The Morgan fingerprint density at radius 3 is 2.50 bits per heavy atom. The van der Waals surface area contributed by atoms with E-state index in [0.29, 0.717) is 11.6 Å². The molecule has 0 spiro atoms. The number of nitrogens with zero attached hydrogens (tertiary/aromatic N) is 3. The number of anilines is 2. The van der Waals surface area contributed by atoms with Gasteiger partial charge in [-0.1, -0.05) is 53.9 Å². The van der Waals surface area contributed by atoms with Crippen molar-refractivity contribution in [2.75, 3.05) is 9.80 Å². The number of fused-ring (bicyclic) bond motifs is 3. The molecule has 0 bridgehead atoms. The average Bonchev–Trinajstić information content (AvgIpc) is 3.60. The van der Waals surface area contributed by atoms with E-state index in [2.05, 4.69) is 59.5 Å². The van der Waals surface area contributed by atoms with Gasteiger partial charge in [-0.2, -0.15) is 17.4 Å². The molecule has 4 aromatic carbocycles. The van der Waals surface area contributed by atoms with Crippen LogP contribution in [0.25, 0.3) is 31.4 Å². The Kier molecular flexibility index (Phi) is 6.71. The minimum atomic E-state index is 0. The third kappa shape index (κ3) is 4.60. The van der Waals surface area contributed by atoms with E-state index < -0.39 is 0 Å². The van der Waals surface area contributed by atoms with Gasteiger partial charge in [-0.3, -0.25) is 4.98 Å². The second-order valence-corrected chi connectivity index (χ2v) is 9.67. The van der Waals surface area contributed by atoms with Crippen LogP contribution in [0.3, 0.4) is 0 Å². The number of thiophene rings is 1. The molecule has 7 rings (SSSR count). The second-order valence-electron chi connectivity index (χ2n) is 8.62.